The molecular formula is C15H22N2S. The second kappa shape index (κ2) is 4.04. The van der Waals surface area contributed by atoms with Gasteiger partial charge in [-0.15, -0.1) is 11.3 Å². The van der Waals surface area contributed by atoms with Crippen LogP contribution < -0.4 is 5.73 Å². The van der Waals surface area contributed by atoms with E-state index >= 15 is 0 Å². The van der Waals surface area contributed by atoms with Gasteiger partial charge < -0.3 is 5.73 Å². The molecule has 4 aliphatic rings. The van der Waals surface area contributed by atoms with Crippen LogP contribution in [0.2, 0.25) is 0 Å². The topological polar surface area (TPSA) is 38.9 Å². The summed E-state index contributed by atoms with van der Waals surface area (Å²) in [5.74, 6) is 3.00. The number of nitrogens with zero attached hydrogens (tertiary/aromatic N) is 1. The Balaban J connectivity index is 1.56. The average molecular weight is 262 g/mol. The average Bonchev–Trinajstić information content (AvgIpc) is 2.79. The Labute approximate surface area is 113 Å². The molecule has 0 spiro atoms. The molecule has 1 atom stereocenters. The highest BCUT2D eigenvalue weighted by molar-refractivity contribution is 7.09. The lowest BCUT2D eigenvalue weighted by molar-refractivity contribution is -0.0667. The van der Waals surface area contributed by atoms with Crippen LogP contribution in [0, 0.1) is 23.2 Å². The molecular weight excluding hydrogens is 240 g/mol. The minimum absolute atomic E-state index is 0.344. The number of rotatable bonds is 3. The van der Waals surface area contributed by atoms with E-state index in [1.165, 1.54) is 43.5 Å². The maximum absolute atomic E-state index is 6.63. The molecule has 4 fully saturated rings. The smallest absolute Gasteiger partial charge is 0.0940 e. The van der Waals surface area contributed by atoms with Crippen LogP contribution in [-0.4, -0.2) is 11.0 Å². The Morgan fingerprint density at radius 3 is 2.33 bits per heavy atom. The Morgan fingerprint density at radius 2 is 1.83 bits per heavy atom. The third-order valence-corrected chi connectivity index (χ3v) is 6.55. The van der Waals surface area contributed by atoms with Gasteiger partial charge in [0.15, 0.2) is 0 Å². The van der Waals surface area contributed by atoms with E-state index in [4.69, 9.17) is 5.73 Å². The van der Waals surface area contributed by atoms with Crippen LogP contribution in [0.3, 0.4) is 0 Å². The van der Waals surface area contributed by atoms with Crippen molar-refractivity contribution in [3.05, 3.63) is 16.6 Å². The molecule has 0 amide bonds. The first-order valence-electron chi connectivity index (χ1n) is 7.37. The zero-order valence-electron chi connectivity index (χ0n) is 10.8. The molecule has 4 aliphatic carbocycles. The summed E-state index contributed by atoms with van der Waals surface area (Å²) in [5, 5.41) is 3.31. The van der Waals surface area contributed by atoms with E-state index < -0.39 is 0 Å². The van der Waals surface area contributed by atoms with Crippen molar-refractivity contribution in [2.45, 2.75) is 51.0 Å². The van der Waals surface area contributed by atoms with E-state index in [1.54, 1.807) is 11.3 Å². The van der Waals surface area contributed by atoms with Crippen LogP contribution in [0.1, 0.15) is 43.5 Å². The fourth-order valence-corrected chi connectivity index (χ4v) is 6.07. The van der Waals surface area contributed by atoms with E-state index in [-0.39, 0.29) is 0 Å². The minimum atomic E-state index is 0.344. The van der Waals surface area contributed by atoms with Gasteiger partial charge in [-0.3, -0.25) is 0 Å². The third kappa shape index (κ3) is 1.75. The molecule has 98 valence electrons. The molecule has 1 aromatic rings. The van der Waals surface area contributed by atoms with E-state index in [0.29, 0.717) is 11.5 Å². The molecule has 5 rings (SSSR count). The van der Waals surface area contributed by atoms with Gasteiger partial charge in [-0.05, 0) is 61.7 Å². The number of hydrogen-bond donors (Lipinski definition) is 1. The van der Waals surface area contributed by atoms with Gasteiger partial charge in [0, 0.05) is 24.0 Å². The fraction of sp³-hybridized carbons (Fsp3) is 0.800. The van der Waals surface area contributed by atoms with Crippen molar-refractivity contribution < 1.29 is 0 Å². The zero-order chi connectivity index (χ0) is 12.2. The van der Waals surface area contributed by atoms with E-state index in [0.717, 1.165) is 24.2 Å². The fourth-order valence-electron chi connectivity index (χ4n) is 5.39. The van der Waals surface area contributed by atoms with Gasteiger partial charge in [0.2, 0.25) is 0 Å². The third-order valence-electron chi connectivity index (χ3n) is 5.75. The van der Waals surface area contributed by atoms with E-state index in [9.17, 15) is 0 Å². The quantitative estimate of drug-likeness (QED) is 0.908. The van der Waals surface area contributed by atoms with E-state index in [2.05, 4.69) is 10.4 Å². The molecule has 0 radical (unpaired) electrons. The number of aromatic nitrogens is 1. The lowest BCUT2D eigenvalue weighted by Gasteiger charge is -2.59. The lowest BCUT2D eigenvalue weighted by Crippen LogP contribution is -2.55. The standard InChI is InChI=1S/C15H22N2S/c16-13(6-14-17-1-2-18-14)15-7-10-3-11(8-15)5-12(4-10)9-15/h1-2,10-13H,3-9,16H2. The Bertz CT molecular complexity index is 390. The van der Waals surface area contributed by atoms with Crippen molar-refractivity contribution >= 4 is 11.3 Å². The molecule has 4 saturated carbocycles. The summed E-state index contributed by atoms with van der Waals surface area (Å²) in [6, 6.07) is 0.344. The number of thiazole rings is 1. The summed E-state index contributed by atoms with van der Waals surface area (Å²) in [7, 11) is 0. The molecule has 0 saturated heterocycles. The summed E-state index contributed by atoms with van der Waals surface area (Å²) >= 11 is 1.76. The van der Waals surface area contributed by atoms with Gasteiger partial charge in [0.25, 0.3) is 0 Å². The summed E-state index contributed by atoms with van der Waals surface area (Å²) in [4.78, 5) is 4.42. The van der Waals surface area contributed by atoms with Gasteiger partial charge in [-0.1, -0.05) is 0 Å². The number of hydrogen-bond acceptors (Lipinski definition) is 3. The highest BCUT2D eigenvalue weighted by atomic mass is 32.1. The van der Waals surface area contributed by atoms with Crippen LogP contribution in [0.4, 0.5) is 0 Å². The highest BCUT2D eigenvalue weighted by Crippen LogP contribution is 2.61. The molecule has 0 aromatic carbocycles. The molecule has 3 heteroatoms. The molecule has 0 aliphatic heterocycles. The zero-order valence-corrected chi connectivity index (χ0v) is 11.7. The molecule has 1 unspecified atom stereocenters. The molecule has 2 N–H and O–H groups in total. The summed E-state index contributed by atoms with van der Waals surface area (Å²) in [6.07, 6.45) is 11.6. The molecule has 2 nitrogen and oxygen atoms in total. The second-order valence-corrected chi connectivity index (χ2v) is 8.00. The predicted octanol–water partition coefficient (Wildman–Crippen LogP) is 3.23. The predicted molar refractivity (Wildman–Crippen MR) is 74.4 cm³/mol. The van der Waals surface area contributed by atoms with Crippen molar-refractivity contribution in [2.24, 2.45) is 28.9 Å². The summed E-state index contributed by atoms with van der Waals surface area (Å²) in [6.45, 7) is 0. The Morgan fingerprint density at radius 1 is 1.22 bits per heavy atom. The Hall–Kier alpha value is -0.410. The first-order valence-corrected chi connectivity index (χ1v) is 8.25. The van der Waals surface area contributed by atoms with Gasteiger partial charge in [-0.25, -0.2) is 4.98 Å². The SMILES string of the molecule is NC(Cc1nccs1)C12CC3CC(CC(C3)C1)C2. The molecule has 18 heavy (non-hydrogen) atoms. The van der Waals surface area contributed by atoms with Crippen LogP contribution in [-0.2, 0) is 6.42 Å². The normalized spacial score (nSPS) is 43.3. The second-order valence-electron chi connectivity index (χ2n) is 7.02. The summed E-state index contributed by atoms with van der Waals surface area (Å²) < 4.78 is 0. The molecule has 4 bridgehead atoms. The van der Waals surface area contributed by atoms with Gasteiger partial charge >= 0.3 is 0 Å². The van der Waals surface area contributed by atoms with Crippen molar-refractivity contribution in [1.82, 2.24) is 4.98 Å². The van der Waals surface area contributed by atoms with Gasteiger partial charge in [-0.2, -0.15) is 0 Å². The maximum atomic E-state index is 6.63. The first-order chi connectivity index (χ1) is 8.73. The van der Waals surface area contributed by atoms with Gasteiger partial charge in [0.05, 0.1) is 5.01 Å². The first kappa shape index (κ1) is 11.4. The van der Waals surface area contributed by atoms with Crippen molar-refractivity contribution in [1.29, 1.82) is 0 Å². The highest BCUT2D eigenvalue weighted by Gasteiger charge is 2.53. The van der Waals surface area contributed by atoms with Crippen molar-refractivity contribution in [3.8, 4) is 0 Å². The lowest BCUT2D eigenvalue weighted by atomic mass is 9.47. The molecule has 1 aromatic heterocycles. The number of nitrogens with two attached hydrogens (primary N) is 1. The monoisotopic (exact) mass is 262 g/mol. The summed E-state index contributed by atoms with van der Waals surface area (Å²) in [5.41, 5.74) is 7.10. The molecule has 1 heterocycles. The van der Waals surface area contributed by atoms with Gasteiger partial charge in [0.1, 0.15) is 0 Å². The maximum Gasteiger partial charge on any atom is 0.0940 e. The largest absolute Gasteiger partial charge is 0.327 e. The Kier molecular flexibility index (Phi) is 2.56. The van der Waals surface area contributed by atoms with Crippen molar-refractivity contribution in [2.75, 3.05) is 0 Å². The van der Waals surface area contributed by atoms with E-state index in [1.807, 2.05) is 6.20 Å². The van der Waals surface area contributed by atoms with Crippen molar-refractivity contribution in [3.63, 3.8) is 0 Å². The minimum Gasteiger partial charge on any atom is -0.327 e. The van der Waals surface area contributed by atoms with Crippen LogP contribution in [0.25, 0.3) is 0 Å². The van der Waals surface area contributed by atoms with Crippen LogP contribution in [0.5, 0.6) is 0 Å². The van der Waals surface area contributed by atoms with Crippen LogP contribution >= 0.6 is 11.3 Å². The van der Waals surface area contributed by atoms with Crippen LogP contribution in [0.15, 0.2) is 11.6 Å².